The van der Waals surface area contributed by atoms with E-state index in [9.17, 15) is 18.4 Å². The summed E-state index contributed by atoms with van der Waals surface area (Å²) in [5, 5.41) is 6.85. The Morgan fingerprint density at radius 2 is 2.03 bits per heavy atom. The van der Waals surface area contributed by atoms with Crippen LogP contribution in [0.2, 0.25) is 0 Å². The topological polar surface area (TPSA) is 70.5 Å². The van der Waals surface area contributed by atoms with Crippen LogP contribution in [-0.2, 0) is 11.8 Å². The average molecular weight is 415 g/mol. The molecule has 0 unspecified atom stereocenters. The molecule has 0 saturated carbocycles. The highest BCUT2D eigenvalue weighted by Crippen LogP contribution is 2.26. The van der Waals surface area contributed by atoms with Gasteiger partial charge < -0.3 is 10.2 Å². The van der Waals surface area contributed by atoms with Crippen LogP contribution in [0.1, 0.15) is 16.8 Å². The molecular weight excluding hydrogens is 392 g/mol. The number of carbonyl (C=O) groups is 2. The standard InChI is InChI=1S/C21H23F2N5O2/c1-3-7-24-19(29)14-27-8-4-9-28(11-10-27)21(30)17-13-26(2)25-20(17)16-6-5-15(22)12-18(16)23/h1,5-6,12-13H,4,7-11,14H2,2H3,(H,24,29). The number of halogens is 2. The molecule has 1 aliphatic heterocycles. The van der Waals surface area contributed by atoms with E-state index in [0.717, 1.165) is 12.1 Å². The van der Waals surface area contributed by atoms with E-state index >= 15 is 0 Å². The SMILES string of the molecule is C#CCNC(=O)CN1CCCN(C(=O)c2cn(C)nc2-c2ccc(F)cc2F)CC1. The number of amides is 2. The number of aryl methyl sites for hydroxylation is 1. The van der Waals surface area contributed by atoms with E-state index in [1.165, 1.54) is 16.9 Å². The van der Waals surface area contributed by atoms with Gasteiger partial charge in [0.15, 0.2) is 0 Å². The molecule has 1 fully saturated rings. The first kappa shape index (κ1) is 21.5. The highest BCUT2D eigenvalue weighted by atomic mass is 19.1. The Balaban J connectivity index is 1.73. The minimum Gasteiger partial charge on any atom is -0.344 e. The molecule has 3 rings (SSSR count). The molecule has 1 saturated heterocycles. The molecule has 158 valence electrons. The summed E-state index contributed by atoms with van der Waals surface area (Å²) in [7, 11) is 1.64. The third-order valence-corrected chi connectivity index (χ3v) is 4.88. The van der Waals surface area contributed by atoms with Gasteiger partial charge in [0.2, 0.25) is 5.91 Å². The number of nitrogens with one attached hydrogen (secondary N) is 1. The molecule has 1 aliphatic rings. The molecule has 1 aromatic heterocycles. The third kappa shape index (κ3) is 5.02. The number of aromatic nitrogens is 2. The van der Waals surface area contributed by atoms with Crippen molar-refractivity contribution in [3.05, 3.63) is 41.6 Å². The molecule has 2 amide bonds. The van der Waals surface area contributed by atoms with Gasteiger partial charge in [0.1, 0.15) is 17.3 Å². The second-order valence-corrected chi connectivity index (χ2v) is 7.09. The Kier molecular flexibility index (Phi) is 6.79. The van der Waals surface area contributed by atoms with Gasteiger partial charge in [0.05, 0.1) is 18.7 Å². The van der Waals surface area contributed by atoms with Gasteiger partial charge in [0.25, 0.3) is 5.91 Å². The summed E-state index contributed by atoms with van der Waals surface area (Å²) < 4.78 is 29.0. The molecule has 0 aliphatic carbocycles. The van der Waals surface area contributed by atoms with Crippen molar-refractivity contribution in [2.45, 2.75) is 6.42 Å². The van der Waals surface area contributed by atoms with E-state index in [4.69, 9.17) is 6.42 Å². The van der Waals surface area contributed by atoms with E-state index in [0.29, 0.717) is 32.6 Å². The van der Waals surface area contributed by atoms with Crippen LogP contribution >= 0.6 is 0 Å². The van der Waals surface area contributed by atoms with Crippen LogP contribution in [-0.4, -0.2) is 70.7 Å². The Bertz CT molecular complexity index is 982. The maximum absolute atomic E-state index is 14.3. The van der Waals surface area contributed by atoms with Crippen LogP contribution in [0.3, 0.4) is 0 Å². The fourth-order valence-electron chi connectivity index (χ4n) is 3.44. The van der Waals surface area contributed by atoms with Crippen LogP contribution in [0.5, 0.6) is 0 Å². The minimum absolute atomic E-state index is 0.0713. The quantitative estimate of drug-likeness (QED) is 0.747. The van der Waals surface area contributed by atoms with Crippen molar-refractivity contribution >= 4 is 11.8 Å². The highest BCUT2D eigenvalue weighted by molar-refractivity contribution is 5.99. The molecule has 0 radical (unpaired) electrons. The zero-order chi connectivity index (χ0) is 21.7. The number of hydrogen-bond donors (Lipinski definition) is 1. The number of benzene rings is 1. The minimum atomic E-state index is -0.775. The summed E-state index contributed by atoms with van der Waals surface area (Å²) in [6.45, 7) is 2.50. The predicted octanol–water partition coefficient (Wildman–Crippen LogP) is 1.26. The Labute approximate surface area is 173 Å². The lowest BCUT2D eigenvalue weighted by Crippen LogP contribution is -2.40. The molecule has 1 aromatic carbocycles. The molecule has 30 heavy (non-hydrogen) atoms. The number of carbonyl (C=O) groups excluding carboxylic acids is 2. The van der Waals surface area contributed by atoms with E-state index in [2.05, 4.69) is 16.3 Å². The largest absolute Gasteiger partial charge is 0.344 e. The lowest BCUT2D eigenvalue weighted by Gasteiger charge is -2.21. The normalized spacial score (nSPS) is 14.8. The van der Waals surface area contributed by atoms with Gasteiger partial charge in [-0.2, -0.15) is 5.10 Å². The first-order valence-electron chi connectivity index (χ1n) is 9.60. The van der Waals surface area contributed by atoms with Gasteiger partial charge in [-0.15, -0.1) is 6.42 Å². The van der Waals surface area contributed by atoms with Gasteiger partial charge in [-0.1, -0.05) is 5.92 Å². The zero-order valence-corrected chi connectivity index (χ0v) is 16.7. The smallest absolute Gasteiger partial charge is 0.257 e. The maximum Gasteiger partial charge on any atom is 0.257 e. The third-order valence-electron chi connectivity index (χ3n) is 4.88. The van der Waals surface area contributed by atoms with E-state index < -0.39 is 11.6 Å². The fourth-order valence-corrected chi connectivity index (χ4v) is 3.44. The predicted molar refractivity (Wildman–Crippen MR) is 107 cm³/mol. The Morgan fingerprint density at radius 1 is 1.23 bits per heavy atom. The first-order chi connectivity index (χ1) is 14.4. The molecular formula is C21H23F2N5O2. The highest BCUT2D eigenvalue weighted by Gasteiger charge is 2.26. The Morgan fingerprint density at radius 3 is 2.77 bits per heavy atom. The number of terminal acetylenes is 1. The van der Waals surface area contributed by atoms with Crippen molar-refractivity contribution in [1.82, 2.24) is 24.9 Å². The number of nitrogens with zero attached hydrogens (tertiary/aromatic N) is 4. The number of rotatable bonds is 5. The molecule has 0 spiro atoms. The summed E-state index contributed by atoms with van der Waals surface area (Å²) in [5.41, 5.74) is 0.500. The van der Waals surface area contributed by atoms with Crippen LogP contribution in [0.25, 0.3) is 11.3 Å². The lowest BCUT2D eigenvalue weighted by atomic mass is 10.1. The monoisotopic (exact) mass is 415 g/mol. The molecule has 0 atom stereocenters. The van der Waals surface area contributed by atoms with Gasteiger partial charge in [-0.25, -0.2) is 8.78 Å². The van der Waals surface area contributed by atoms with E-state index in [-0.39, 0.29) is 41.7 Å². The lowest BCUT2D eigenvalue weighted by molar-refractivity contribution is -0.121. The van der Waals surface area contributed by atoms with Crippen molar-refractivity contribution in [2.75, 3.05) is 39.3 Å². The van der Waals surface area contributed by atoms with Gasteiger partial charge >= 0.3 is 0 Å². The molecule has 2 aromatic rings. The molecule has 2 heterocycles. The van der Waals surface area contributed by atoms with Gasteiger partial charge in [0, 0.05) is 51.1 Å². The van der Waals surface area contributed by atoms with Crippen molar-refractivity contribution in [2.24, 2.45) is 7.05 Å². The van der Waals surface area contributed by atoms with Crippen molar-refractivity contribution in [1.29, 1.82) is 0 Å². The van der Waals surface area contributed by atoms with Crippen molar-refractivity contribution in [3.63, 3.8) is 0 Å². The Hall–Kier alpha value is -3.25. The van der Waals surface area contributed by atoms with Crippen molar-refractivity contribution < 1.29 is 18.4 Å². The second kappa shape index (κ2) is 9.50. The maximum atomic E-state index is 14.3. The van der Waals surface area contributed by atoms with Crippen molar-refractivity contribution in [3.8, 4) is 23.6 Å². The van der Waals surface area contributed by atoms with E-state index in [1.54, 1.807) is 11.9 Å². The van der Waals surface area contributed by atoms with Crippen LogP contribution in [0, 0.1) is 24.0 Å². The van der Waals surface area contributed by atoms with E-state index in [1.807, 2.05) is 4.90 Å². The van der Waals surface area contributed by atoms with Crippen LogP contribution < -0.4 is 5.32 Å². The molecule has 7 nitrogen and oxygen atoms in total. The second-order valence-electron chi connectivity index (χ2n) is 7.09. The molecule has 9 heteroatoms. The summed E-state index contributed by atoms with van der Waals surface area (Å²) in [4.78, 5) is 28.7. The van der Waals surface area contributed by atoms with Crippen LogP contribution in [0.15, 0.2) is 24.4 Å². The summed E-state index contributed by atoms with van der Waals surface area (Å²) in [6, 6.07) is 3.19. The fraction of sp³-hybridized carbons (Fsp3) is 0.381. The first-order valence-corrected chi connectivity index (χ1v) is 9.60. The summed E-state index contributed by atoms with van der Waals surface area (Å²) in [5.74, 6) is 0.451. The zero-order valence-electron chi connectivity index (χ0n) is 16.7. The van der Waals surface area contributed by atoms with Gasteiger partial charge in [-0.05, 0) is 18.6 Å². The summed E-state index contributed by atoms with van der Waals surface area (Å²) >= 11 is 0. The van der Waals surface area contributed by atoms with Crippen LogP contribution in [0.4, 0.5) is 8.78 Å². The molecule has 0 bridgehead atoms. The average Bonchev–Trinajstić information content (AvgIpc) is 2.93. The molecule has 1 N–H and O–H groups in total. The number of hydrogen-bond acceptors (Lipinski definition) is 4. The summed E-state index contributed by atoms with van der Waals surface area (Å²) in [6.07, 6.45) is 7.37. The van der Waals surface area contributed by atoms with Gasteiger partial charge in [-0.3, -0.25) is 19.2 Å².